The molecule has 0 heterocycles. The van der Waals surface area contributed by atoms with Gasteiger partial charge in [-0.25, -0.2) is 4.79 Å². The van der Waals surface area contributed by atoms with Gasteiger partial charge in [0.15, 0.2) is 12.4 Å². The quantitative estimate of drug-likeness (QED) is 0.337. The van der Waals surface area contributed by atoms with E-state index in [4.69, 9.17) is 4.74 Å². The van der Waals surface area contributed by atoms with Gasteiger partial charge in [-0.2, -0.15) is 0 Å². The zero-order valence-electron chi connectivity index (χ0n) is 10.5. The van der Waals surface area contributed by atoms with Gasteiger partial charge >= 0.3 is 5.97 Å². The molecule has 1 aromatic rings. The molecule has 102 valence electrons. The first-order valence-corrected chi connectivity index (χ1v) is 5.53. The molecule has 0 unspecified atom stereocenters. The number of esters is 1. The van der Waals surface area contributed by atoms with Crippen molar-refractivity contribution in [1.29, 1.82) is 0 Å². The third-order valence-corrected chi connectivity index (χ3v) is 2.21. The normalized spacial score (nSPS) is 9.79. The largest absolute Gasteiger partial charge is 0.481 e. The zero-order valence-corrected chi connectivity index (χ0v) is 10.5. The minimum atomic E-state index is -0.610. The molecular weight excluding hydrogens is 254 g/mol. The first kappa shape index (κ1) is 14.6. The third kappa shape index (κ3) is 4.06. The second kappa shape index (κ2) is 6.48. The lowest BCUT2D eigenvalue weighted by Gasteiger charge is -2.09. The van der Waals surface area contributed by atoms with Gasteiger partial charge in [-0.1, -0.05) is 0 Å². The van der Waals surface area contributed by atoms with Crippen LogP contribution in [-0.4, -0.2) is 29.9 Å². The molecule has 0 atom stereocenters. The van der Waals surface area contributed by atoms with Crippen LogP contribution in [0.1, 0.15) is 24.2 Å². The molecule has 19 heavy (non-hydrogen) atoms. The summed E-state index contributed by atoms with van der Waals surface area (Å²) in [6.07, 6.45) is 0. The van der Waals surface area contributed by atoms with Crippen LogP contribution in [0.5, 0.6) is 5.75 Å². The Labute approximate surface area is 109 Å². The van der Waals surface area contributed by atoms with Gasteiger partial charge in [0.05, 0.1) is 23.2 Å². The van der Waals surface area contributed by atoms with E-state index in [0.717, 1.165) is 6.07 Å². The molecular formula is C12H13NO6. The van der Waals surface area contributed by atoms with Crippen LogP contribution >= 0.6 is 0 Å². The number of carbonyl (C=O) groups excluding carboxylic acids is 2. The summed E-state index contributed by atoms with van der Waals surface area (Å²) in [5.41, 5.74) is -0.0428. The lowest BCUT2D eigenvalue weighted by molar-refractivity contribution is -0.384. The van der Waals surface area contributed by atoms with E-state index in [2.05, 4.69) is 4.74 Å². The zero-order chi connectivity index (χ0) is 14.4. The molecule has 1 aromatic carbocycles. The predicted octanol–water partition coefficient (Wildman–Crippen LogP) is 1.74. The highest BCUT2D eigenvalue weighted by Crippen LogP contribution is 2.25. The number of nitro groups is 1. The summed E-state index contributed by atoms with van der Waals surface area (Å²) in [5.74, 6) is -0.924. The van der Waals surface area contributed by atoms with E-state index < -0.39 is 17.5 Å². The van der Waals surface area contributed by atoms with Crippen molar-refractivity contribution in [3.63, 3.8) is 0 Å². The van der Waals surface area contributed by atoms with Crippen LogP contribution in [0.2, 0.25) is 0 Å². The second-order valence-corrected chi connectivity index (χ2v) is 3.59. The molecule has 7 nitrogen and oxygen atoms in total. The van der Waals surface area contributed by atoms with Crippen molar-refractivity contribution >= 4 is 17.4 Å². The van der Waals surface area contributed by atoms with E-state index in [0.29, 0.717) is 0 Å². The smallest absolute Gasteiger partial charge is 0.344 e. The monoisotopic (exact) mass is 267 g/mol. The number of non-ortho nitro benzene ring substituents is 1. The molecule has 0 aliphatic heterocycles. The van der Waals surface area contributed by atoms with E-state index in [-0.39, 0.29) is 29.4 Å². The van der Waals surface area contributed by atoms with E-state index in [1.807, 2.05) is 0 Å². The van der Waals surface area contributed by atoms with Crippen LogP contribution in [0, 0.1) is 10.1 Å². The molecule has 0 radical (unpaired) electrons. The van der Waals surface area contributed by atoms with E-state index in [1.165, 1.54) is 19.1 Å². The van der Waals surface area contributed by atoms with E-state index >= 15 is 0 Å². The number of nitro benzene ring substituents is 1. The maximum Gasteiger partial charge on any atom is 0.344 e. The summed E-state index contributed by atoms with van der Waals surface area (Å²) < 4.78 is 9.76. The fraction of sp³-hybridized carbons (Fsp3) is 0.333. The minimum absolute atomic E-state index is 0.00486. The van der Waals surface area contributed by atoms with Gasteiger partial charge in [-0.15, -0.1) is 0 Å². The Morgan fingerprint density at radius 3 is 2.58 bits per heavy atom. The van der Waals surface area contributed by atoms with Gasteiger partial charge in [0.1, 0.15) is 5.75 Å². The lowest BCUT2D eigenvalue weighted by atomic mass is 10.1. The lowest BCUT2D eigenvalue weighted by Crippen LogP contribution is -2.15. The first-order chi connectivity index (χ1) is 8.95. The average Bonchev–Trinajstić information content (AvgIpc) is 2.36. The third-order valence-electron chi connectivity index (χ3n) is 2.21. The molecule has 0 spiro atoms. The Morgan fingerprint density at radius 1 is 1.37 bits per heavy atom. The first-order valence-electron chi connectivity index (χ1n) is 5.53. The molecule has 0 aliphatic rings. The van der Waals surface area contributed by atoms with Gasteiger partial charge in [0.25, 0.3) is 5.69 Å². The summed E-state index contributed by atoms with van der Waals surface area (Å²) in [7, 11) is 0. The van der Waals surface area contributed by atoms with Crippen molar-refractivity contribution in [2.75, 3.05) is 13.2 Å². The molecule has 0 saturated carbocycles. The highest BCUT2D eigenvalue weighted by Gasteiger charge is 2.16. The van der Waals surface area contributed by atoms with Gasteiger partial charge < -0.3 is 9.47 Å². The second-order valence-electron chi connectivity index (χ2n) is 3.59. The maximum absolute atomic E-state index is 11.4. The van der Waals surface area contributed by atoms with Crippen LogP contribution in [-0.2, 0) is 9.53 Å². The van der Waals surface area contributed by atoms with Crippen molar-refractivity contribution in [2.45, 2.75) is 13.8 Å². The SMILES string of the molecule is CCOC(=O)COc1cc([N+](=O)[O-])ccc1C(C)=O. The molecule has 7 heteroatoms. The number of Topliss-reactive ketones (excluding diaryl/α,β-unsaturated/α-hetero) is 1. The summed E-state index contributed by atoms with van der Waals surface area (Å²) in [4.78, 5) is 32.5. The van der Waals surface area contributed by atoms with Crippen LogP contribution in [0.3, 0.4) is 0 Å². The molecule has 0 N–H and O–H groups in total. The Morgan fingerprint density at radius 2 is 2.05 bits per heavy atom. The minimum Gasteiger partial charge on any atom is -0.481 e. The maximum atomic E-state index is 11.4. The van der Waals surface area contributed by atoms with Gasteiger partial charge in [0, 0.05) is 6.07 Å². The Kier molecular flexibility index (Phi) is 4.99. The Bertz CT molecular complexity index is 511. The summed E-state index contributed by atoms with van der Waals surface area (Å²) in [5, 5.41) is 10.6. The number of nitrogens with zero attached hydrogens (tertiary/aromatic N) is 1. The summed E-state index contributed by atoms with van der Waals surface area (Å²) >= 11 is 0. The van der Waals surface area contributed by atoms with Crippen LogP contribution in [0.4, 0.5) is 5.69 Å². The van der Waals surface area contributed by atoms with Crippen molar-refractivity contribution in [1.82, 2.24) is 0 Å². The summed E-state index contributed by atoms with van der Waals surface area (Å²) in [6.45, 7) is 2.75. The summed E-state index contributed by atoms with van der Waals surface area (Å²) in [6, 6.07) is 3.60. The van der Waals surface area contributed by atoms with Crippen molar-refractivity contribution in [3.05, 3.63) is 33.9 Å². The molecule has 0 saturated heterocycles. The topological polar surface area (TPSA) is 95.7 Å². The fourth-order valence-electron chi connectivity index (χ4n) is 1.37. The van der Waals surface area contributed by atoms with Crippen LogP contribution in [0.15, 0.2) is 18.2 Å². The fourth-order valence-corrected chi connectivity index (χ4v) is 1.37. The molecule has 0 bridgehead atoms. The highest BCUT2D eigenvalue weighted by atomic mass is 16.6. The van der Waals surface area contributed by atoms with E-state index in [1.54, 1.807) is 6.92 Å². The predicted molar refractivity (Wildman–Crippen MR) is 65.2 cm³/mol. The highest BCUT2D eigenvalue weighted by molar-refractivity contribution is 5.97. The molecule has 0 fully saturated rings. The molecule has 0 amide bonds. The number of carbonyl (C=O) groups is 2. The molecule has 0 aliphatic carbocycles. The number of ketones is 1. The standard InChI is InChI=1S/C12H13NO6/c1-3-18-12(15)7-19-11-6-9(13(16)17)4-5-10(11)8(2)14/h4-6H,3,7H2,1-2H3. The average molecular weight is 267 g/mol. The number of benzene rings is 1. The molecule has 1 rings (SSSR count). The van der Waals surface area contributed by atoms with Crippen LogP contribution in [0.25, 0.3) is 0 Å². The Hall–Kier alpha value is -2.44. The number of hydrogen-bond donors (Lipinski definition) is 0. The Balaban J connectivity index is 2.94. The number of hydrogen-bond acceptors (Lipinski definition) is 6. The van der Waals surface area contributed by atoms with Gasteiger partial charge in [-0.3, -0.25) is 14.9 Å². The van der Waals surface area contributed by atoms with Crippen molar-refractivity contribution < 1.29 is 24.0 Å². The van der Waals surface area contributed by atoms with E-state index in [9.17, 15) is 19.7 Å². The van der Waals surface area contributed by atoms with Gasteiger partial charge in [0.2, 0.25) is 0 Å². The van der Waals surface area contributed by atoms with Crippen molar-refractivity contribution in [3.8, 4) is 5.75 Å². The number of rotatable bonds is 6. The van der Waals surface area contributed by atoms with Gasteiger partial charge in [-0.05, 0) is 19.9 Å². The van der Waals surface area contributed by atoms with Crippen LogP contribution < -0.4 is 4.74 Å². The number of ether oxygens (including phenoxy) is 2. The molecule has 0 aromatic heterocycles. The van der Waals surface area contributed by atoms with Crippen molar-refractivity contribution in [2.24, 2.45) is 0 Å².